The number of carbonyl (C=O) groups excluding carboxylic acids is 2. The monoisotopic (exact) mass is 309 g/mol. The average molecular weight is 310 g/mol. The maximum absolute atomic E-state index is 12.3. The van der Waals surface area contributed by atoms with Crippen LogP contribution >= 0.6 is 12.4 Å². The highest BCUT2D eigenvalue weighted by Gasteiger charge is 2.24. The van der Waals surface area contributed by atoms with Crippen LogP contribution in [0.15, 0.2) is 24.3 Å². The number of benzene rings is 1. The molecule has 1 aliphatic carbocycles. The number of piperazine rings is 1. The van der Waals surface area contributed by atoms with Crippen LogP contribution in [0.3, 0.4) is 0 Å². The zero-order chi connectivity index (χ0) is 13.9. The van der Waals surface area contributed by atoms with Gasteiger partial charge in [-0.15, -0.1) is 12.4 Å². The van der Waals surface area contributed by atoms with Crippen molar-refractivity contribution >= 4 is 24.2 Å². The van der Waals surface area contributed by atoms with Crippen molar-refractivity contribution in [2.45, 2.75) is 18.9 Å². The predicted octanol–water partition coefficient (Wildman–Crippen LogP) is 1.05. The van der Waals surface area contributed by atoms with Gasteiger partial charge in [-0.05, 0) is 37.1 Å². The van der Waals surface area contributed by atoms with Crippen molar-refractivity contribution in [3.05, 3.63) is 35.4 Å². The Labute approximate surface area is 130 Å². The van der Waals surface area contributed by atoms with Gasteiger partial charge in [0.25, 0.3) is 11.8 Å². The lowest BCUT2D eigenvalue weighted by Crippen LogP contribution is -2.46. The SMILES string of the molecule is Cl.O=C(NC1CC1)c1ccc(C(=O)N2CCNCC2)cc1. The van der Waals surface area contributed by atoms with Crippen LogP contribution in [0.5, 0.6) is 0 Å². The number of amides is 2. The Balaban J connectivity index is 0.00000161. The second-order valence-corrected chi connectivity index (χ2v) is 5.37. The van der Waals surface area contributed by atoms with Crippen molar-refractivity contribution in [3.8, 4) is 0 Å². The van der Waals surface area contributed by atoms with Crippen molar-refractivity contribution in [3.63, 3.8) is 0 Å². The molecule has 0 unspecified atom stereocenters. The lowest BCUT2D eigenvalue weighted by atomic mass is 10.1. The number of rotatable bonds is 3. The minimum Gasteiger partial charge on any atom is -0.349 e. The second-order valence-electron chi connectivity index (χ2n) is 5.37. The molecule has 0 radical (unpaired) electrons. The number of hydrogen-bond donors (Lipinski definition) is 2. The Bertz CT molecular complexity index is 508. The molecule has 0 bridgehead atoms. The molecule has 2 amide bonds. The van der Waals surface area contributed by atoms with Gasteiger partial charge in [0.05, 0.1) is 0 Å². The van der Waals surface area contributed by atoms with E-state index < -0.39 is 0 Å². The van der Waals surface area contributed by atoms with Crippen LogP contribution in [0, 0.1) is 0 Å². The minimum atomic E-state index is -0.0475. The van der Waals surface area contributed by atoms with Gasteiger partial charge in [-0.2, -0.15) is 0 Å². The van der Waals surface area contributed by atoms with Crippen molar-refractivity contribution in [1.82, 2.24) is 15.5 Å². The topological polar surface area (TPSA) is 61.4 Å². The molecule has 114 valence electrons. The molecule has 1 aliphatic heterocycles. The summed E-state index contributed by atoms with van der Waals surface area (Å²) in [6.45, 7) is 3.16. The first-order chi connectivity index (χ1) is 9.74. The third kappa shape index (κ3) is 3.95. The van der Waals surface area contributed by atoms with E-state index in [4.69, 9.17) is 0 Å². The molecular weight excluding hydrogens is 290 g/mol. The Hall–Kier alpha value is -1.59. The molecule has 1 aromatic carbocycles. The lowest BCUT2D eigenvalue weighted by Gasteiger charge is -2.27. The molecule has 0 aromatic heterocycles. The summed E-state index contributed by atoms with van der Waals surface area (Å²) in [5, 5.41) is 6.16. The van der Waals surface area contributed by atoms with E-state index in [0.717, 1.165) is 39.0 Å². The fraction of sp³-hybridized carbons (Fsp3) is 0.467. The third-order valence-electron chi connectivity index (χ3n) is 3.71. The summed E-state index contributed by atoms with van der Waals surface area (Å²) in [6.07, 6.45) is 2.15. The summed E-state index contributed by atoms with van der Waals surface area (Å²) in [5.74, 6) is -0.00526. The highest BCUT2D eigenvalue weighted by atomic mass is 35.5. The molecule has 2 aliphatic rings. The number of nitrogens with zero attached hydrogens (tertiary/aromatic N) is 1. The van der Waals surface area contributed by atoms with Crippen LogP contribution < -0.4 is 10.6 Å². The van der Waals surface area contributed by atoms with E-state index >= 15 is 0 Å². The molecule has 1 saturated carbocycles. The summed E-state index contributed by atoms with van der Waals surface area (Å²) in [6, 6.07) is 7.29. The maximum Gasteiger partial charge on any atom is 0.253 e. The smallest absolute Gasteiger partial charge is 0.253 e. The number of hydrogen-bond acceptors (Lipinski definition) is 3. The predicted molar refractivity (Wildman–Crippen MR) is 83.0 cm³/mol. The van der Waals surface area contributed by atoms with E-state index in [1.54, 1.807) is 24.3 Å². The van der Waals surface area contributed by atoms with E-state index in [1.807, 2.05) is 4.90 Å². The molecule has 1 aromatic rings. The summed E-state index contributed by atoms with van der Waals surface area (Å²) in [5.41, 5.74) is 1.27. The van der Waals surface area contributed by atoms with Gasteiger partial charge in [-0.1, -0.05) is 0 Å². The fourth-order valence-electron chi connectivity index (χ4n) is 2.31. The van der Waals surface area contributed by atoms with E-state index in [-0.39, 0.29) is 24.2 Å². The first kappa shape index (κ1) is 15.8. The standard InChI is InChI=1S/C15H19N3O2.ClH/c19-14(17-13-5-6-13)11-1-3-12(4-2-11)15(20)18-9-7-16-8-10-18;/h1-4,13,16H,5-10H2,(H,17,19);1H. The zero-order valence-corrected chi connectivity index (χ0v) is 12.6. The highest BCUT2D eigenvalue weighted by molar-refractivity contribution is 5.98. The van der Waals surface area contributed by atoms with Gasteiger partial charge in [0.15, 0.2) is 0 Å². The van der Waals surface area contributed by atoms with E-state index in [9.17, 15) is 9.59 Å². The molecule has 3 rings (SSSR count). The van der Waals surface area contributed by atoms with Crippen molar-refractivity contribution in [2.24, 2.45) is 0 Å². The molecular formula is C15H20ClN3O2. The average Bonchev–Trinajstić information content (AvgIpc) is 3.31. The van der Waals surface area contributed by atoms with Gasteiger partial charge >= 0.3 is 0 Å². The van der Waals surface area contributed by atoms with Gasteiger partial charge in [-0.3, -0.25) is 9.59 Å². The molecule has 0 spiro atoms. The third-order valence-corrected chi connectivity index (χ3v) is 3.71. The number of carbonyl (C=O) groups is 2. The summed E-state index contributed by atoms with van der Waals surface area (Å²) in [7, 11) is 0. The first-order valence-electron chi connectivity index (χ1n) is 7.15. The van der Waals surface area contributed by atoms with Gasteiger partial charge in [0, 0.05) is 43.3 Å². The summed E-state index contributed by atoms with van der Waals surface area (Å²) in [4.78, 5) is 26.0. The fourth-order valence-corrected chi connectivity index (χ4v) is 2.31. The quantitative estimate of drug-likeness (QED) is 0.877. The molecule has 2 N–H and O–H groups in total. The Morgan fingerprint density at radius 1 is 1.05 bits per heavy atom. The van der Waals surface area contributed by atoms with Crippen LogP contribution in [0.1, 0.15) is 33.6 Å². The van der Waals surface area contributed by atoms with E-state index in [1.165, 1.54) is 0 Å². The Morgan fingerprint density at radius 3 is 2.19 bits per heavy atom. The van der Waals surface area contributed by atoms with Crippen LogP contribution in [0.4, 0.5) is 0 Å². The largest absolute Gasteiger partial charge is 0.349 e. The van der Waals surface area contributed by atoms with Crippen LogP contribution in [0.2, 0.25) is 0 Å². The molecule has 1 saturated heterocycles. The molecule has 0 atom stereocenters. The summed E-state index contributed by atoms with van der Waals surface area (Å²) >= 11 is 0. The zero-order valence-electron chi connectivity index (χ0n) is 11.8. The highest BCUT2D eigenvalue weighted by Crippen LogP contribution is 2.19. The maximum atomic E-state index is 12.3. The van der Waals surface area contributed by atoms with Gasteiger partial charge in [0.2, 0.25) is 0 Å². The number of nitrogens with one attached hydrogen (secondary N) is 2. The molecule has 21 heavy (non-hydrogen) atoms. The van der Waals surface area contributed by atoms with Gasteiger partial charge in [0.1, 0.15) is 0 Å². The second kappa shape index (κ2) is 6.91. The Kier molecular flexibility index (Phi) is 5.20. The lowest BCUT2D eigenvalue weighted by molar-refractivity contribution is 0.0735. The van der Waals surface area contributed by atoms with Crippen molar-refractivity contribution in [2.75, 3.05) is 26.2 Å². The molecule has 5 nitrogen and oxygen atoms in total. The van der Waals surface area contributed by atoms with Gasteiger partial charge in [-0.25, -0.2) is 0 Å². The van der Waals surface area contributed by atoms with Crippen molar-refractivity contribution in [1.29, 1.82) is 0 Å². The van der Waals surface area contributed by atoms with Crippen LogP contribution in [-0.2, 0) is 0 Å². The first-order valence-corrected chi connectivity index (χ1v) is 7.15. The molecule has 1 heterocycles. The van der Waals surface area contributed by atoms with E-state index in [0.29, 0.717) is 17.2 Å². The molecule has 6 heteroatoms. The summed E-state index contributed by atoms with van der Waals surface area (Å²) < 4.78 is 0. The van der Waals surface area contributed by atoms with E-state index in [2.05, 4.69) is 10.6 Å². The normalized spacial score (nSPS) is 17.8. The minimum absolute atomic E-state index is 0. The molecule has 2 fully saturated rings. The van der Waals surface area contributed by atoms with Gasteiger partial charge < -0.3 is 15.5 Å². The van der Waals surface area contributed by atoms with Crippen LogP contribution in [0.25, 0.3) is 0 Å². The van der Waals surface area contributed by atoms with Crippen molar-refractivity contribution < 1.29 is 9.59 Å². The van der Waals surface area contributed by atoms with Crippen LogP contribution in [-0.4, -0.2) is 48.9 Å². The Morgan fingerprint density at radius 2 is 1.62 bits per heavy atom. The number of halogens is 1.